The van der Waals surface area contributed by atoms with Crippen LogP contribution in [-0.4, -0.2) is 38.0 Å². The second-order valence-electron chi connectivity index (χ2n) is 7.22. The standard InChI is InChI=1S/C24H20ClFN4O3/c1-30-19-10-6-4-8-16(19)21(15-7-3-5-9-17(15)26)28-22(23(30)31)29-24(32)27-18-12-11-14(25)13-20(18)33-2/h3-13,22H,1-2H3,(H2,27,29,32). The number of amides is 3. The molecule has 9 heteroatoms. The lowest BCUT2D eigenvalue weighted by Crippen LogP contribution is -2.47. The van der Waals surface area contributed by atoms with E-state index in [9.17, 15) is 14.0 Å². The van der Waals surface area contributed by atoms with Crippen LogP contribution in [0.5, 0.6) is 5.75 Å². The van der Waals surface area contributed by atoms with Gasteiger partial charge in [0.1, 0.15) is 11.6 Å². The van der Waals surface area contributed by atoms with Crippen LogP contribution < -0.4 is 20.3 Å². The molecule has 0 saturated heterocycles. The summed E-state index contributed by atoms with van der Waals surface area (Å²) in [5, 5.41) is 5.64. The normalized spacial score (nSPS) is 15.3. The van der Waals surface area contributed by atoms with E-state index in [4.69, 9.17) is 16.3 Å². The number of carbonyl (C=O) groups excluding carboxylic acids is 2. The van der Waals surface area contributed by atoms with Crippen LogP contribution in [0.2, 0.25) is 5.02 Å². The highest BCUT2D eigenvalue weighted by Crippen LogP contribution is 2.29. The summed E-state index contributed by atoms with van der Waals surface area (Å²) in [6.45, 7) is 0. The number of fused-ring (bicyclic) bond motifs is 1. The third-order valence-electron chi connectivity index (χ3n) is 5.15. The third-order valence-corrected chi connectivity index (χ3v) is 5.39. The second-order valence-corrected chi connectivity index (χ2v) is 7.65. The maximum Gasteiger partial charge on any atom is 0.321 e. The number of carbonyl (C=O) groups is 2. The van der Waals surface area contributed by atoms with Crippen molar-refractivity contribution in [2.45, 2.75) is 6.17 Å². The Morgan fingerprint density at radius 3 is 2.52 bits per heavy atom. The molecule has 0 fully saturated rings. The highest BCUT2D eigenvalue weighted by molar-refractivity contribution is 6.30. The van der Waals surface area contributed by atoms with Gasteiger partial charge in [-0.15, -0.1) is 0 Å². The molecule has 33 heavy (non-hydrogen) atoms. The summed E-state index contributed by atoms with van der Waals surface area (Å²) in [6.07, 6.45) is -1.30. The van der Waals surface area contributed by atoms with Crippen molar-refractivity contribution >= 4 is 40.6 Å². The monoisotopic (exact) mass is 466 g/mol. The maximum absolute atomic E-state index is 14.7. The number of anilines is 2. The average Bonchev–Trinajstić information content (AvgIpc) is 2.91. The predicted octanol–water partition coefficient (Wildman–Crippen LogP) is 4.45. The Labute approximate surface area is 194 Å². The Morgan fingerprint density at radius 2 is 1.79 bits per heavy atom. The van der Waals surface area contributed by atoms with E-state index in [-0.39, 0.29) is 11.3 Å². The summed E-state index contributed by atoms with van der Waals surface area (Å²) in [5.74, 6) is -0.617. The van der Waals surface area contributed by atoms with Crippen molar-refractivity contribution in [1.82, 2.24) is 5.32 Å². The van der Waals surface area contributed by atoms with Gasteiger partial charge in [0.15, 0.2) is 0 Å². The van der Waals surface area contributed by atoms with Crippen LogP contribution in [0.3, 0.4) is 0 Å². The Kier molecular flexibility index (Phi) is 6.28. The number of urea groups is 1. The number of ether oxygens (including phenoxy) is 1. The van der Waals surface area contributed by atoms with Crippen LogP contribution in [0.15, 0.2) is 71.7 Å². The second kappa shape index (κ2) is 9.30. The molecule has 0 aliphatic carbocycles. The highest BCUT2D eigenvalue weighted by atomic mass is 35.5. The summed E-state index contributed by atoms with van der Waals surface area (Å²) < 4.78 is 19.9. The summed E-state index contributed by atoms with van der Waals surface area (Å²) in [6, 6.07) is 17.2. The minimum atomic E-state index is -1.30. The van der Waals surface area contributed by atoms with Crippen molar-refractivity contribution in [2.75, 3.05) is 24.4 Å². The number of benzodiazepines with no additional fused rings is 1. The number of nitrogens with one attached hydrogen (secondary N) is 2. The number of benzene rings is 3. The minimum absolute atomic E-state index is 0.222. The van der Waals surface area contributed by atoms with E-state index in [1.807, 2.05) is 0 Å². The number of aliphatic imine (C=N–C) groups is 1. The van der Waals surface area contributed by atoms with Gasteiger partial charge in [0, 0.05) is 29.3 Å². The molecule has 1 aliphatic heterocycles. The van der Waals surface area contributed by atoms with Gasteiger partial charge in [0.25, 0.3) is 5.91 Å². The van der Waals surface area contributed by atoms with Crippen LogP contribution >= 0.6 is 11.6 Å². The fourth-order valence-corrected chi connectivity index (χ4v) is 3.70. The first-order chi connectivity index (χ1) is 15.9. The first-order valence-corrected chi connectivity index (χ1v) is 10.4. The van der Waals surface area contributed by atoms with Crippen molar-refractivity contribution in [1.29, 1.82) is 0 Å². The van der Waals surface area contributed by atoms with Gasteiger partial charge in [0.05, 0.1) is 24.2 Å². The van der Waals surface area contributed by atoms with Crippen LogP contribution in [0.1, 0.15) is 11.1 Å². The van der Waals surface area contributed by atoms with Crippen LogP contribution in [0.25, 0.3) is 0 Å². The number of hydrogen-bond donors (Lipinski definition) is 2. The zero-order valence-electron chi connectivity index (χ0n) is 17.8. The number of nitrogens with zero attached hydrogens (tertiary/aromatic N) is 2. The lowest BCUT2D eigenvalue weighted by atomic mass is 10.00. The Balaban J connectivity index is 1.71. The molecular weight excluding hydrogens is 447 g/mol. The fraction of sp³-hybridized carbons (Fsp3) is 0.125. The molecule has 168 valence electrons. The highest BCUT2D eigenvalue weighted by Gasteiger charge is 2.31. The molecule has 0 aromatic heterocycles. The molecule has 4 rings (SSSR count). The van der Waals surface area contributed by atoms with Crippen LogP contribution in [-0.2, 0) is 4.79 Å². The fourth-order valence-electron chi connectivity index (χ4n) is 3.54. The van der Waals surface area contributed by atoms with Crippen LogP contribution in [0.4, 0.5) is 20.6 Å². The molecule has 1 atom stereocenters. The minimum Gasteiger partial charge on any atom is -0.495 e. The largest absolute Gasteiger partial charge is 0.495 e. The number of likely N-dealkylation sites (N-methyl/N-ethyl adjacent to an activating group) is 1. The molecule has 7 nitrogen and oxygen atoms in total. The van der Waals surface area contributed by atoms with Gasteiger partial charge < -0.3 is 20.3 Å². The van der Waals surface area contributed by atoms with E-state index in [0.29, 0.717) is 27.7 Å². The predicted molar refractivity (Wildman–Crippen MR) is 126 cm³/mol. The molecule has 1 heterocycles. The molecule has 0 radical (unpaired) electrons. The molecule has 0 saturated carbocycles. The molecule has 0 bridgehead atoms. The van der Waals surface area contributed by atoms with E-state index in [1.54, 1.807) is 67.7 Å². The molecule has 3 aromatic carbocycles. The number of methoxy groups -OCH3 is 1. The van der Waals surface area contributed by atoms with Crippen molar-refractivity contribution in [3.8, 4) is 5.75 Å². The molecule has 1 unspecified atom stereocenters. The van der Waals surface area contributed by atoms with Crippen LogP contribution in [0, 0.1) is 5.82 Å². The van der Waals surface area contributed by atoms with Gasteiger partial charge in [-0.3, -0.25) is 4.79 Å². The topological polar surface area (TPSA) is 83.0 Å². The van der Waals surface area contributed by atoms with Gasteiger partial charge in [-0.1, -0.05) is 41.9 Å². The Bertz CT molecular complexity index is 1260. The molecular formula is C24H20ClFN4O3. The summed E-state index contributed by atoms with van der Waals surface area (Å²) in [4.78, 5) is 31.8. The van der Waals surface area contributed by atoms with E-state index in [2.05, 4.69) is 15.6 Å². The van der Waals surface area contributed by atoms with E-state index in [1.165, 1.54) is 18.1 Å². The summed E-state index contributed by atoms with van der Waals surface area (Å²) >= 11 is 5.97. The van der Waals surface area contributed by atoms with Crippen molar-refractivity contribution < 1.29 is 18.7 Å². The Morgan fingerprint density at radius 1 is 1.09 bits per heavy atom. The van der Waals surface area contributed by atoms with Gasteiger partial charge in [0.2, 0.25) is 6.17 Å². The first-order valence-electron chi connectivity index (χ1n) is 9.99. The third kappa shape index (κ3) is 4.51. The van der Waals surface area contributed by atoms with Gasteiger partial charge >= 0.3 is 6.03 Å². The number of halogens is 2. The molecule has 3 amide bonds. The average molecular weight is 467 g/mol. The van der Waals surface area contributed by atoms with Gasteiger partial charge in [-0.25, -0.2) is 14.2 Å². The van der Waals surface area contributed by atoms with Gasteiger partial charge in [-0.2, -0.15) is 0 Å². The molecule has 2 N–H and O–H groups in total. The number of hydrogen-bond acceptors (Lipinski definition) is 4. The SMILES string of the molecule is COc1cc(Cl)ccc1NC(=O)NC1N=C(c2ccccc2F)c2ccccc2N(C)C1=O. The zero-order valence-corrected chi connectivity index (χ0v) is 18.6. The first kappa shape index (κ1) is 22.3. The Hall–Kier alpha value is -3.91. The summed E-state index contributed by atoms with van der Waals surface area (Å²) in [7, 11) is 3.02. The number of rotatable bonds is 4. The lowest BCUT2D eigenvalue weighted by Gasteiger charge is -2.21. The van der Waals surface area contributed by atoms with E-state index in [0.717, 1.165) is 0 Å². The molecule has 1 aliphatic rings. The van der Waals surface area contributed by atoms with E-state index < -0.39 is 23.9 Å². The van der Waals surface area contributed by atoms with Crippen molar-refractivity contribution in [3.05, 3.63) is 88.7 Å². The molecule has 3 aromatic rings. The number of para-hydroxylation sites is 1. The zero-order chi connectivity index (χ0) is 23.5. The maximum atomic E-state index is 14.7. The van der Waals surface area contributed by atoms with E-state index >= 15 is 0 Å². The van der Waals surface area contributed by atoms with Crippen molar-refractivity contribution in [2.24, 2.45) is 4.99 Å². The lowest BCUT2D eigenvalue weighted by molar-refractivity contribution is -0.119. The summed E-state index contributed by atoms with van der Waals surface area (Å²) in [5.41, 5.74) is 1.96. The smallest absolute Gasteiger partial charge is 0.321 e. The van der Waals surface area contributed by atoms with Gasteiger partial charge in [-0.05, 0) is 30.3 Å². The van der Waals surface area contributed by atoms with Crippen molar-refractivity contribution in [3.63, 3.8) is 0 Å². The molecule has 0 spiro atoms. The quantitative estimate of drug-likeness (QED) is 0.596.